The molecule has 1 aromatic heterocycles. The van der Waals surface area contributed by atoms with Crippen LogP contribution in [0.1, 0.15) is 17.9 Å². The Morgan fingerprint density at radius 1 is 1.56 bits per heavy atom. The summed E-state index contributed by atoms with van der Waals surface area (Å²) in [6.45, 7) is 0.337. The van der Waals surface area contributed by atoms with E-state index in [1.165, 1.54) is 11.3 Å². The molecule has 92 valence electrons. The maximum absolute atomic E-state index is 12.0. The van der Waals surface area contributed by atoms with E-state index in [1.54, 1.807) is 18.4 Å². The molecule has 0 aliphatic heterocycles. The molecular weight excluding hydrogens is 307 g/mol. The Morgan fingerprint density at radius 2 is 2.19 bits per heavy atom. The van der Waals surface area contributed by atoms with E-state index in [2.05, 4.69) is 15.9 Å². The molecule has 1 rings (SSSR count). The van der Waals surface area contributed by atoms with E-state index in [0.717, 1.165) is 4.47 Å². The molecule has 0 aromatic carbocycles. The highest BCUT2D eigenvalue weighted by atomic mass is 79.9. The van der Waals surface area contributed by atoms with Crippen LogP contribution >= 0.6 is 27.3 Å². The van der Waals surface area contributed by atoms with Gasteiger partial charge in [0.15, 0.2) is 0 Å². The van der Waals surface area contributed by atoms with Gasteiger partial charge in [0, 0.05) is 20.8 Å². The van der Waals surface area contributed by atoms with Crippen LogP contribution in [0.4, 0.5) is 13.2 Å². The van der Waals surface area contributed by atoms with Gasteiger partial charge in [-0.1, -0.05) is 0 Å². The lowest BCUT2D eigenvalue weighted by Crippen LogP contribution is -2.29. The van der Waals surface area contributed by atoms with Crippen LogP contribution in [0.5, 0.6) is 0 Å². The third-order valence-corrected chi connectivity index (χ3v) is 3.53. The van der Waals surface area contributed by atoms with Crippen LogP contribution in [-0.2, 0) is 4.74 Å². The number of hydrogen-bond acceptors (Lipinski definition) is 3. The van der Waals surface area contributed by atoms with Crippen LogP contribution in [0.2, 0.25) is 0 Å². The topological polar surface area (TPSA) is 35.2 Å². The quantitative estimate of drug-likeness (QED) is 0.922. The molecule has 2 atom stereocenters. The van der Waals surface area contributed by atoms with Crippen molar-refractivity contribution in [1.82, 2.24) is 0 Å². The van der Waals surface area contributed by atoms with Crippen LogP contribution in [0.25, 0.3) is 0 Å². The number of nitrogens with two attached hydrogens (primary N) is 1. The third-order valence-electron chi connectivity index (χ3n) is 1.77. The van der Waals surface area contributed by atoms with E-state index >= 15 is 0 Å². The molecule has 1 heterocycles. The molecule has 0 amide bonds. The van der Waals surface area contributed by atoms with Crippen molar-refractivity contribution < 1.29 is 17.9 Å². The second-order valence-electron chi connectivity index (χ2n) is 3.37. The standard InChI is InChI=1S/C9H11BrF3NOS/c1-5(14)8(15-4-9(11,12)13)7-2-6(10)3-16-7/h2-3,5,8H,4,14H2,1H3. The summed E-state index contributed by atoms with van der Waals surface area (Å²) in [5.41, 5.74) is 5.61. The molecule has 0 saturated heterocycles. The minimum atomic E-state index is -4.33. The molecule has 2 nitrogen and oxygen atoms in total. The molecule has 1 aromatic rings. The van der Waals surface area contributed by atoms with E-state index in [4.69, 9.17) is 10.5 Å². The number of halogens is 4. The smallest absolute Gasteiger partial charge is 0.362 e. The lowest BCUT2D eigenvalue weighted by atomic mass is 10.1. The van der Waals surface area contributed by atoms with Crippen LogP contribution in [0, 0.1) is 0 Å². The molecule has 0 aliphatic rings. The Kier molecular flexibility index (Phi) is 4.78. The molecule has 0 radical (unpaired) electrons. The molecule has 0 spiro atoms. The molecule has 0 aliphatic carbocycles. The van der Waals surface area contributed by atoms with Gasteiger partial charge in [0.05, 0.1) is 0 Å². The first-order valence-electron chi connectivity index (χ1n) is 4.47. The van der Waals surface area contributed by atoms with Gasteiger partial charge in [-0.25, -0.2) is 0 Å². The second-order valence-corrected chi connectivity index (χ2v) is 5.23. The molecule has 16 heavy (non-hydrogen) atoms. The van der Waals surface area contributed by atoms with Gasteiger partial charge in [0.2, 0.25) is 0 Å². The van der Waals surface area contributed by atoms with Crippen molar-refractivity contribution in [2.24, 2.45) is 5.73 Å². The Labute approximate surface area is 104 Å². The highest BCUT2D eigenvalue weighted by Gasteiger charge is 2.31. The van der Waals surface area contributed by atoms with E-state index in [1.807, 2.05) is 0 Å². The van der Waals surface area contributed by atoms with Gasteiger partial charge >= 0.3 is 6.18 Å². The van der Waals surface area contributed by atoms with Crippen molar-refractivity contribution in [3.8, 4) is 0 Å². The average molecular weight is 318 g/mol. The first-order chi connectivity index (χ1) is 7.29. The number of rotatable bonds is 4. The van der Waals surface area contributed by atoms with Gasteiger partial charge in [-0.3, -0.25) is 0 Å². The molecule has 2 unspecified atom stereocenters. The van der Waals surface area contributed by atoms with Gasteiger partial charge in [-0.15, -0.1) is 11.3 Å². The average Bonchev–Trinajstić information content (AvgIpc) is 2.49. The van der Waals surface area contributed by atoms with Crippen molar-refractivity contribution >= 4 is 27.3 Å². The zero-order chi connectivity index (χ0) is 12.3. The molecule has 7 heteroatoms. The summed E-state index contributed by atoms with van der Waals surface area (Å²) in [6, 6.07) is 1.22. The van der Waals surface area contributed by atoms with Crippen molar-refractivity contribution in [1.29, 1.82) is 0 Å². The lowest BCUT2D eigenvalue weighted by Gasteiger charge is -2.20. The normalized spacial score (nSPS) is 16.1. The van der Waals surface area contributed by atoms with E-state index in [-0.39, 0.29) is 0 Å². The monoisotopic (exact) mass is 317 g/mol. The predicted octanol–water partition coefficient (Wildman–Crippen LogP) is 3.48. The fraction of sp³-hybridized carbons (Fsp3) is 0.556. The number of ether oxygens (including phenoxy) is 1. The zero-order valence-corrected chi connectivity index (χ0v) is 10.8. The Morgan fingerprint density at radius 3 is 2.56 bits per heavy atom. The second kappa shape index (κ2) is 5.48. The first kappa shape index (κ1) is 14.0. The zero-order valence-electron chi connectivity index (χ0n) is 8.42. The Hall–Kier alpha value is -0.110. The van der Waals surface area contributed by atoms with Crippen LogP contribution in [-0.4, -0.2) is 18.8 Å². The molecule has 2 N–H and O–H groups in total. The van der Waals surface area contributed by atoms with E-state index in [9.17, 15) is 13.2 Å². The summed E-state index contributed by atoms with van der Waals surface area (Å²) in [5, 5.41) is 1.78. The fourth-order valence-corrected chi connectivity index (χ4v) is 2.76. The Balaban J connectivity index is 2.69. The van der Waals surface area contributed by atoms with Crippen LogP contribution < -0.4 is 5.73 Å². The summed E-state index contributed by atoms with van der Waals surface area (Å²) in [6.07, 6.45) is -5.06. The highest BCUT2D eigenvalue weighted by Crippen LogP contribution is 2.31. The van der Waals surface area contributed by atoms with Crippen molar-refractivity contribution in [2.75, 3.05) is 6.61 Å². The summed E-state index contributed by atoms with van der Waals surface area (Å²) >= 11 is 4.55. The summed E-state index contributed by atoms with van der Waals surface area (Å²) in [5.74, 6) is 0. The maximum atomic E-state index is 12.0. The molecular formula is C9H11BrF3NOS. The van der Waals surface area contributed by atoms with Gasteiger partial charge < -0.3 is 10.5 Å². The largest absolute Gasteiger partial charge is 0.411 e. The van der Waals surface area contributed by atoms with Crippen LogP contribution in [0.15, 0.2) is 15.9 Å². The molecule has 0 fully saturated rings. The van der Waals surface area contributed by atoms with Crippen LogP contribution in [0.3, 0.4) is 0 Å². The lowest BCUT2D eigenvalue weighted by molar-refractivity contribution is -0.187. The van der Waals surface area contributed by atoms with Crippen molar-refractivity contribution in [2.45, 2.75) is 25.2 Å². The Bertz CT molecular complexity index is 340. The van der Waals surface area contributed by atoms with Gasteiger partial charge in [-0.05, 0) is 28.9 Å². The SMILES string of the molecule is CC(N)C(OCC(F)(F)F)c1cc(Br)cs1. The predicted molar refractivity (Wildman–Crippen MR) is 60.4 cm³/mol. The number of thiophene rings is 1. The van der Waals surface area contributed by atoms with Gasteiger partial charge in [-0.2, -0.15) is 13.2 Å². The minimum Gasteiger partial charge on any atom is -0.362 e. The van der Waals surface area contributed by atoms with Crippen molar-refractivity contribution in [3.05, 3.63) is 20.8 Å². The van der Waals surface area contributed by atoms with E-state index < -0.39 is 24.9 Å². The van der Waals surface area contributed by atoms with E-state index in [0.29, 0.717) is 4.88 Å². The highest BCUT2D eigenvalue weighted by molar-refractivity contribution is 9.10. The number of alkyl halides is 3. The van der Waals surface area contributed by atoms with Gasteiger partial charge in [0.25, 0.3) is 0 Å². The molecule has 0 bridgehead atoms. The fourth-order valence-electron chi connectivity index (χ4n) is 1.15. The van der Waals surface area contributed by atoms with Crippen molar-refractivity contribution in [3.63, 3.8) is 0 Å². The first-order valence-corrected chi connectivity index (χ1v) is 6.15. The summed E-state index contributed by atoms with van der Waals surface area (Å²) < 4.78 is 41.7. The number of hydrogen-bond donors (Lipinski definition) is 1. The van der Waals surface area contributed by atoms with Gasteiger partial charge in [0.1, 0.15) is 12.7 Å². The summed E-state index contributed by atoms with van der Waals surface area (Å²) in [4.78, 5) is 0.686. The third kappa shape index (κ3) is 4.40. The maximum Gasteiger partial charge on any atom is 0.411 e. The minimum absolute atomic E-state index is 0.493. The molecule has 0 saturated carbocycles. The summed E-state index contributed by atoms with van der Waals surface area (Å²) in [7, 11) is 0.